The number of carbonyl (C=O) groups excluding carboxylic acids is 1. The van der Waals surface area contributed by atoms with Gasteiger partial charge in [-0.2, -0.15) is 8.78 Å². The Bertz CT molecular complexity index is 633. The first-order valence-corrected chi connectivity index (χ1v) is 6.65. The molecule has 0 atom stereocenters. The normalized spacial score (nSPS) is 22.0. The number of rotatable bonds is 2. The predicted molar refractivity (Wildman–Crippen MR) is 67.8 cm³/mol. The molecular weight excluding hydrogens is 303 g/mol. The molecule has 5 nitrogen and oxygen atoms in total. The quantitative estimate of drug-likeness (QED) is 0.841. The lowest BCUT2D eigenvalue weighted by Crippen LogP contribution is -2.36. The van der Waals surface area contributed by atoms with Crippen LogP contribution in [0.15, 0.2) is 12.1 Å². The number of ether oxygens (including phenoxy) is 2. The predicted octanol–water partition coefficient (Wildman–Crippen LogP) is 2.49. The topological polar surface area (TPSA) is 48.0 Å². The van der Waals surface area contributed by atoms with Crippen molar-refractivity contribution in [2.24, 2.45) is 5.41 Å². The number of benzene rings is 1. The average Bonchev–Trinajstić information content (AvgIpc) is 2.66. The lowest BCUT2D eigenvalue weighted by molar-refractivity contribution is -0.209. The van der Waals surface area contributed by atoms with Gasteiger partial charge in [0.25, 0.3) is 5.91 Å². The van der Waals surface area contributed by atoms with Crippen molar-refractivity contribution >= 4 is 5.91 Å². The van der Waals surface area contributed by atoms with Gasteiger partial charge in [-0.3, -0.25) is 9.63 Å². The summed E-state index contributed by atoms with van der Waals surface area (Å²) in [7, 11) is 0. The lowest BCUT2D eigenvalue weighted by atomic mass is 9.95. The summed E-state index contributed by atoms with van der Waals surface area (Å²) in [5.74, 6) is -1.35. The molecule has 2 aliphatic heterocycles. The number of amides is 1. The van der Waals surface area contributed by atoms with Crippen LogP contribution in [0.1, 0.15) is 19.4 Å². The highest BCUT2D eigenvalue weighted by Gasteiger charge is 2.41. The summed E-state index contributed by atoms with van der Waals surface area (Å²) in [4.78, 5) is 17.3. The SMILES string of the molecule is CC1(C)CON(Cc2cc3c(cc2F)OCC(F)(F)O3)C1=O. The van der Waals surface area contributed by atoms with Crippen molar-refractivity contribution < 1.29 is 32.3 Å². The van der Waals surface area contributed by atoms with E-state index in [0.717, 1.165) is 17.2 Å². The van der Waals surface area contributed by atoms with Crippen molar-refractivity contribution in [3.8, 4) is 11.5 Å². The molecule has 0 N–H and O–H groups in total. The van der Waals surface area contributed by atoms with Crippen molar-refractivity contribution in [3.63, 3.8) is 0 Å². The van der Waals surface area contributed by atoms with Gasteiger partial charge in [-0.25, -0.2) is 9.45 Å². The van der Waals surface area contributed by atoms with E-state index in [9.17, 15) is 18.0 Å². The second kappa shape index (κ2) is 4.77. The zero-order valence-corrected chi connectivity index (χ0v) is 12.0. The minimum absolute atomic E-state index is 0.00565. The molecule has 3 rings (SSSR count). The van der Waals surface area contributed by atoms with Gasteiger partial charge in [0, 0.05) is 11.6 Å². The molecule has 0 unspecified atom stereocenters. The van der Waals surface area contributed by atoms with Crippen LogP contribution in [0.3, 0.4) is 0 Å². The third kappa shape index (κ3) is 2.58. The fraction of sp³-hybridized carbons (Fsp3) is 0.500. The molecule has 1 aromatic rings. The molecule has 1 amide bonds. The van der Waals surface area contributed by atoms with E-state index >= 15 is 0 Å². The van der Waals surface area contributed by atoms with Gasteiger partial charge in [-0.15, -0.1) is 0 Å². The standard InChI is InChI=1S/C14H14F3NO4/c1-13(2)6-21-18(12(13)19)5-8-3-11-10(4-9(8)15)20-7-14(16,17)22-11/h3-4H,5-7H2,1-2H3. The van der Waals surface area contributed by atoms with Crippen molar-refractivity contribution in [2.75, 3.05) is 13.2 Å². The highest BCUT2D eigenvalue weighted by molar-refractivity contribution is 5.82. The summed E-state index contributed by atoms with van der Waals surface area (Å²) in [6, 6.07) is 2.06. The largest absolute Gasteiger partial charge is 0.479 e. The Hall–Kier alpha value is -1.96. The Morgan fingerprint density at radius 1 is 1.23 bits per heavy atom. The van der Waals surface area contributed by atoms with E-state index in [2.05, 4.69) is 4.74 Å². The van der Waals surface area contributed by atoms with Crippen molar-refractivity contribution in [3.05, 3.63) is 23.5 Å². The number of nitrogens with zero attached hydrogens (tertiary/aromatic N) is 1. The summed E-state index contributed by atoms with van der Waals surface area (Å²) in [6.45, 7) is 2.42. The van der Waals surface area contributed by atoms with Gasteiger partial charge in [-0.1, -0.05) is 0 Å². The highest BCUT2D eigenvalue weighted by atomic mass is 19.3. The molecule has 8 heteroatoms. The molecule has 0 saturated carbocycles. The number of hydroxylamine groups is 2. The third-order valence-corrected chi connectivity index (χ3v) is 3.47. The van der Waals surface area contributed by atoms with E-state index in [1.807, 2.05) is 0 Å². The van der Waals surface area contributed by atoms with Crippen LogP contribution in [0.2, 0.25) is 0 Å². The summed E-state index contributed by atoms with van der Waals surface area (Å²) < 4.78 is 49.6. The maximum absolute atomic E-state index is 14.0. The molecule has 0 radical (unpaired) electrons. The second-order valence-electron chi connectivity index (χ2n) is 5.92. The van der Waals surface area contributed by atoms with E-state index in [-0.39, 0.29) is 36.1 Å². The minimum atomic E-state index is -3.47. The monoisotopic (exact) mass is 317 g/mol. The lowest BCUT2D eigenvalue weighted by Gasteiger charge is -2.26. The van der Waals surface area contributed by atoms with E-state index in [4.69, 9.17) is 9.57 Å². The summed E-state index contributed by atoms with van der Waals surface area (Å²) in [5, 5.41) is 1.02. The fourth-order valence-corrected chi connectivity index (χ4v) is 2.21. The van der Waals surface area contributed by atoms with Gasteiger partial charge >= 0.3 is 6.11 Å². The van der Waals surface area contributed by atoms with Crippen LogP contribution in [0, 0.1) is 11.2 Å². The zero-order chi connectivity index (χ0) is 16.1. The van der Waals surface area contributed by atoms with Crippen molar-refractivity contribution in [1.29, 1.82) is 0 Å². The molecule has 0 spiro atoms. The Morgan fingerprint density at radius 2 is 1.95 bits per heavy atom. The first kappa shape index (κ1) is 15.0. The first-order chi connectivity index (χ1) is 10.2. The van der Waals surface area contributed by atoms with Crippen LogP contribution in [0.25, 0.3) is 0 Å². The van der Waals surface area contributed by atoms with Crippen LogP contribution < -0.4 is 9.47 Å². The van der Waals surface area contributed by atoms with Gasteiger partial charge in [0.1, 0.15) is 5.82 Å². The van der Waals surface area contributed by atoms with E-state index in [0.29, 0.717) is 0 Å². The van der Waals surface area contributed by atoms with Crippen LogP contribution in [0.4, 0.5) is 13.2 Å². The molecule has 1 fully saturated rings. The maximum Gasteiger partial charge on any atom is 0.433 e. The molecule has 0 bridgehead atoms. The number of hydrogen-bond acceptors (Lipinski definition) is 4. The smallest absolute Gasteiger partial charge is 0.433 e. The molecule has 2 heterocycles. The van der Waals surface area contributed by atoms with Gasteiger partial charge in [0.05, 0.1) is 18.6 Å². The summed E-state index contributed by atoms with van der Waals surface area (Å²) in [6.07, 6.45) is -3.47. The molecule has 120 valence electrons. The zero-order valence-electron chi connectivity index (χ0n) is 12.0. The molecule has 1 saturated heterocycles. The summed E-state index contributed by atoms with van der Waals surface area (Å²) in [5.41, 5.74) is -0.691. The van der Waals surface area contributed by atoms with Crippen LogP contribution >= 0.6 is 0 Å². The minimum Gasteiger partial charge on any atom is -0.479 e. The Kier molecular flexibility index (Phi) is 3.24. The third-order valence-electron chi connectivity index (χ3n) is 3.47. The average molecular weight is 317 g/mol. The van der Waals surface area contributed by atoms with Crippen molar-refractivity contribution in [1.82, 2.24) is 5.06 Å². The summed E-state index contributed by atoms with van der Waals surface area (Å²) >= 11 is 0. The van der Waals surface area contributed by atoms with Crippen molar-refractivity contribution in [2.45, 2.75) is 26.5 Å². The maximum atomic E-state index is 14.0. The van der Waals surface area contributed by atoms with E-state index in [1.54, 1.807) is 13.8 Å². The number of hydrogen-bond donors (Lipinski definition) is 0. The number of carbonyl (C=O) groups is 1. The first-order valence-electron chi connectivity index (χ1n) is 6.65. The van der Waals surface area contributed by atoms with Gasteiger partial charge in [0.2, 0.25) is 0 Å². The van der Waals surface area contributed by atoms with E-state index in [1.165, 1.54) is 0 Å². The Balaban J connectivity index is 1.85. The number of fused-ring (bicyclic) bond motifs is 1. The molecule has 2 aliphatic rings. The molecule has 0 aliphatic carbocycles. The fourth-order valence-electron chi connectivity index (χ4n) is 2.21. The Morgan fingerprint density at radius 3 is 2.59 bits per heavy atom. The van der Waals surface area contributed by atoms with E-state index < -0.39 is 23.9 Å². The van der Waals surface area contributed by atoms with Crippen LogP contribution in [-0.2, 0) is 16.2 Å². The molecule has 22 heavy (non-hydrogen) atoms. The van der Waals surface area contributed by atoms with Gasteiger partial charge < -0.3 is 9.47 Å². The number of alkyl halides is 2. The highest BCUT2D eigenvalue weighted by Crippen LogP contribution is 2.39. The number of halogens is 3. The molecule has 0 aromatic heterocycles. The van der Waals surface area contributed by atoms with Gasteiger partial charge in [-0.05, 0) is 19.9 Å². The van der Waals surface area contributed by atoms with Crippen LogP contribution in [-0.4, -0.2) is 30.3 Å². The van der Waals surface area contributed by atoms with Gasteiger partial charge in [0.15, 0.2) is 18.1 Å². The molecular formula is C14H14F3NO4. The Labute approximate surface area is 124 Å². The second-order valence-corrected chi connectivity index (χ2v) is 5.92. The molecule has 1 aromatic carbocycles. The van der Waals surface area contributed by atoms with Crippen LogP contribution in [0.5, 0.6) is 11.5 Å².